The Hall–Kier alpha value is -2.86. The van der Waals surface area contributed by atoms with Gasteiger partial charge in [0.25, 0.3) is 0 Å². The van der Waals surface area contributed by atoms with Crippen molar-refractivity contribution in [3.63, 3.8) is 0 Å². The molecule has 1 fully saturated rings. The first-order valence-corrected chi connectivity index (χ1v) is 10.8. The van der Waals surface area contributed by atoms with E-state index in [1.807, 2.05) is 57.2 Å². The van der Waals surface area contributed by atoms with E-state index in [2.05, 4.69) is 22.3 Å². The second kappa shape index (κ2) is 10.4. The van der Waals surface area contributed by atoms with Crippen molar-refractivity contribution < 1.29 is 15.7 Å². The molecule has 3 rings (SSSR count). The molecule has 1 aliphatic heterocycles. The van der Waals surface area contributed by atoms with Crippen molar-refractivity contribution in [2.45, 2.75) is 51.8 Å². The van der Waals surface area contributed by atoms with Crippen molar-refractivity contribution >= 4 is 17.7 Å². The smallest absolute Gasteiger partial charge is 0.411 e. The van der Waals surface area contributed by atoms with Crippen LogP contribution in [0.1, 0.15) is 40.5 Å². The number of likely N-dealkylation sites (tertiary alicyclic amines) is 1. The van der Waals surface area contributed by atoms with Gasteiger partial charge in [-0.25, -0.2) is 4.79 Å². The molecular weight excluding hydrogens is 390 g/mol. The fourth-order valence-corrected chi connectivity index (χ4v) is 3.58. The first-order chi connectivity index (χ1) is 15.2. The molecule has 6 heteroatoms. The van der Waals surface area contributed by atoms with E-state index in [0.29, 0.717) is 31.6 Å². The Morgan fingerprint density at radius 2 is 1.74 bits per heavy atom. The van der Waals surface area contributed by atoms with Crippen LogP contribution in [0.5, 0.6) is 0 Å². The van der Waals surface area contributed by atoms with Crippen molar-refractivity contribution in [1.82, 2.24) is 9.80 Å². The van der Waals surface area contributed by atoms with Gasteiger partial charge < -0.3 is 10.1 Å². The zero-order valence-electron chi connectivity index (χ0n) is 19.6. The van der Waals surface area contributed by atoms with Crippen molar-refractivity contribution in [3.05, 3.63) is 66.2 Å². The highest BCUT2D eigenvalue weighted by Gasteiger charge is 2.32. The summed E-state index contributed by atoms with van der Waals surface area (Å²) in [5, 5.41) is 2.84. The van der Waals surface area contributed by atoms with Crippen LogP contribution >= 0.6 is 0 Å². The van der Waals surface area contributed by atoms with Gasteiger partial charge in [-0.2, -0.15) is 0 Å². The molecule has 0 aliphatic carbocycles. The summed E-state index contributed by atoms with van der Waals surface area (Å²) < 4.78 is 14.2. The third-order valence-electron chi connectivity index (χ3n) is 5.05. The van der Waals surface area contributed by atoms with Gasteiger partial charge in [0.05, 0.1) is 0 Å². The minimum Gasteiger partial charge on any atom is -0.444 e. The second-order valence-electron chi connectivity index (χ2n) is 8.84. The first kappa shape index (κ1) is 21.4. The second-order valence-corrected chi connectivity index (χ2v) is 8.84. The summed E-state index contributed by atoms with van der Waals surface area (Å²) in [4.78, 5) is 29.3. The molecule has 0 saturated carbocycles. The predicted octanol–water partition coefficient (Wildman–Crippen LogP) is 4.53. The number of piperidine rings is 1. The maximum absolute atomic E-state index is 13.0. The predicted molar refractivity (Wildman–Crippen MR) is 123 cm³/mol. The van der Waals surface area contributed by atoms with Crippen LogP contribution in [0.25, 0.3) is 0 Å². The largest absolute Gasteiger partial charge is 0.444 e. The molecule has 1 saturated heterocycles. The molecule has 2 atom stereocenters. The number of hydrogen-bond acceptors (Lipinski definition) is 4. The number of ether oxygens (including phenoxy) is 1. The average Bonchev–Trinajstić information content (AvgIpc) is 2.74. The molecule has 6 nitrogen and oxygen atoms in total. The van der Waals surface area contributed by atoms with Gasteiger partial charge in [-0.1, -0.05) is 48.5 Å². The fraction of sp³-hybridized carbons (Fsp3) is 0.440. The maximum atomic E-state index is 13.0. The number of nitrogens with one attached hydrogen (secondary N) is 1. The number of para-hydroxylation sites is 1. The summed E-state index contributed by atoms with van der Waals surface area (Å²) in [7, 11) is 0. The zero-order chi connectivity index (χ0) is 23.1. The van der Waals surface area contributed by atoms with Gasteiger partial charge in [-0.3, -0.25) is 14.6 Å². The summed E-state index contributed by atoms with van der Waals surface area (Å²) in [6.45, 7) is 6.22. The summed E-state index contributed by atoms with van der Waals surface area (Å²) in [5.41, 5.74) is 1.17. The molecule has 0 spiro atoms. The molecule has 166 valence electrons. The lowest BCUT2D eigenvalue weighted by atomic mass is 10.0. The molecule has 0 radical (unpaired) electrons. The lowest BCUT2D eigenvalue weighted by Gasteiger charge is -2.38. The molecule has 0 bridgehead atoms. The molecule has 2 aromatic rings. The lowest BCUT2D eigenvalue weighted by Crippen LogP contribution is -2.51. The minimum absolute atomic E-state index is 0.111. The SMILES string of the molecule is [2H]C1CC(N(CC(=O)Nc2ccccc2)C(=O)OC(C)(C)C)CCN1Cc1ccccc1. The molecule has 1 N–H and O–H groups in total. The van der Waals surface area contributed by atoms with Crippen LogP contribution in [-0.2, 0) is 16.1 Å². The Labute approximate surface area is 186 Å². The Kier molecular flexibility index (Phi) is 7.20. The molecule has 2 amide bonds. The lowest BCUT2D eigenvalue weighted by molar-refractivity contribution is -0.118. The number of hydrogen-bond donors (Lipinski definition) is 1. The third kappa shape index (κ3) is 7.40. The van der Waals surface area contributed by atoms with Gasteiger partial charge >= 0.3 is 6.09 Å². The van der Waals surface area contributed by atoms with Crippen LogP contribution < -0.4 is 5.32 Å². The van der Waals surface area contributed by atoms with Crippen molar-refractivity contribution in [2.24, 2.45) is 0 Å². The number of rotatable bonds is 6. The van der Waals surface area contributed by atoms with E-state index in [0.717, 1.165) is 5.56 Å². The van der Waals surface area contributed by atoms with Crippen LogP contribution in [0.15, 0.2) is 60.7 Å². The van der Waals surface area contributed by atoms with Crippen LogP contribution in [-0.4, -0.2) is 53.1 Å². The van der Waals surface area contributed by atoms with Crippen LogP contribution in [0.3, 0.4) is 0 Å². The number of benzene rings is 2. The van der Waals surface area contributed by atoms with E-state index in [-0.39, 0.29) is 18.5 Å². The molecule has 2 aromatic carbocycles. The number of nitrogens with zero attached hydrogens (tertiary/aromatic N) is 2. The fourth-order valence-electron chi connectivity index (χ4n) is 3.58. The van der Waals surface area contributed by atoms with Gasteiger partial charge in [0.1, 0.15) is 12.1 Å². The van der Waals surface area contributed by atoms with Crippen LogP contribution in [0.4, 0.5) is 10.5 Å². The van der Waals surface area contributed by atoms with Gasteiger partial charge in [-0.05, 0) is 51.3 Å². The number of carbonyl (C=O) groups excluding carboxylic acids is 2. The van der Waals surface area contributed by atoms with E-state index in [1.165, 1.54) is 4.90 Å². The van der Waals surface area contributed by atoms with Crippen molar-refractivity contribution in [3.8, 4) is 0 Å². The normalized spacial score (nSPS) is 19.9. The van der Waals surface area contributed by atoms with Gasteiger partial charge in [0.2, 0.25) is 5.91 Å². The van der Waals surface area contributed by atoms with E-state index in [4.69, 9.17) is 6.11 Å². The van der Waals surface area contributed by atoms with Crippen LogP contribution in [0.2, 0.25) is 0 Å². The summed E-state index contributed by atoms with van der Waals surface area (Å²) in [5.74, 6) is -0.282. The van der Waals surface area contributed by atoms with Crippen molar-refractivity contribution in [2.75, 3.05) is 24.9 Å². The maximum Gasteiger partial charge on any atom is 0.411 e. The Morgan fingerprint density at radius 3 is 2.35 bits per heavy atom. The quantitative estimate of drug-likeness (QED) is 0.740. The molecular formula is C25H33N3O3. The topological polar surface area (TPSA) is 61.9 Å². The number of carbonyl (C=O) groups is 2. The Morgan fingerprint density at radius 1 is 1.10 bits per heavy atom. The van der Waals surface area contributed by atoms with Crippen molar-refractivity contribution in [1.29, 1.82) is 0 Å². The molecule has 1 aliphatic rings. The van der Waals surface area contributed by atoms with E-state index in [9.17, 15) is 9.59 Å². The van der Waals surface area contributed by atoms with Gasteiger partial charge in [0.15, 0.2) is 0 Å². The molecule has 1 heterocycles. The zero-order valence-corrected chi connectivity index (χ0v) is 18.6. The highest BCUT2D eigenvalue weighted by atomic mass is 16.6. The Balaban J connectivity index is 1.67. The molecule has 2 unspecified atom stereocenters. The van der Waals surface area contributed by atoms with Gasteiger partial charge in [0, 0.05) is 32.7 Å². The number of anilines is 1. The van der Waals surface area contributed by atoms with E-state index < -0.39 is 18.2 Å². The van der Waals surface area contributed by atoms with E-state index >= 15 is 0 Å². The van der Waals surface area contributed by atoms with Crippen LogP contribution in [0, 0.1) is 0 Å². The summed E-state index contributed by atoms with van der Waals surface area (Å²) >= 11 is 0. The molecule has 0 aromatic heterocycles. The first-order valence-electron chi connectivity index (χ1n) is 11.3. The summed E-state index contributed by atoms with van der Waals surface area (Å²) in [6.07, 6.45) is 0.625. The monoisotopic (exact) mass is 424 g/mol. The standard InChI is InChI=1S/C25H33N3O3/c1-25(2,3)31-24(30)28(19-23(29)26-21-12-8-5-9-13-21)22-14-16-27(17-15-22)18-20-10-6-4-7-11-20/h4-13,22H,14-19H2,1-3H3,(H,26,29)/i16D. The Bertz CT molecular complexity index is 886. The number of amides is 2. The van der Waals surface area contributed by atoms with E-state index in [1.54, 1.807) is 12.1 Å². The highest BCUT2D eigenvalue weighted by Crippen LogP contribution is 2.21. The summed E-state index contributed by atoms with van der Waals surface area (Å²) in [6, 6.07) is 19.0. The van der Waals surface area contributed by atoms with Gasteiger partial charge in [-0.15, -0.1) is 0 Å². The third-order valence-corrected chi connectivity index (χ3v) is 5.05. The highest BCUT2D eigenvalue weighted by molar-refractivity contribution is 5.93. The average molecular weight is 425 g/mol. The minimum atomic E-state index is -0.667. The molecule has 31 heavy (non-hydrogen) atoms.